The zero-order valence-corrected chi connectivity index (χ0v) is 12.0. The van der Waals surface area contributed by atoms with Crippen LogP contribution in [-0.2, 0) is 9.59 Å². The molecule has 1 rings (SSSR count). The molecule has 0 heterocycles. The Labute approximate surface area is 126 Å². The normalized spacial score (nSPS) is 9.76. The predicted octanol–water partition coefficient (Wildman–Crippen LogP) is 0.288. The first-order valence-corrected chi connectivity index (χ1v) is 6.31. The number of nitro groups is 1. The van der Waals surface area contributed by atoms with Gasteiger partial charge in [-0.15, -0.1) is 0 Å². The highest BCUT2D eigenvalue weighted by molar-refractivity contribution is 9.10. The molecule has 3 N–H and O–H groups in total. The molecular weight excluding hydrogens is 350 g/mol. The molecule has 0 aromatic heterocycles. The number of halogens is 1. The fourth-order valence-corrected chi connectivity index (χ4v) is 1.72. The SMILES string of the molecule is O=C(O)CNC(=O)CNC(=O)c1cc([N+](=O)[O-])ccc1Br. The molecule has 0 radical (unpaired) electrons. The zero-order chi connectivity index (χ0) is 16.0. The molecule has 0 aliphatic rings. The number of nitrogens with zero attached hydrogens (tertiary/aromatic N) is 1. The Morgan fingerprint density at radius 1 is 1.24 bits per heavy atom. The van der Waals surface area contributed by atoms with Gasteiger partial charge in [0.15, 0.2) is 0 Å². The fraction of sp³-hybridized carbons (Fsp3) is 0.182. The molecule has 0 aliphatic carbocycles. The van der Waals surface area contributed by atoms with Crippen molar-refractivity contribution in [3.05, 3.63) is 38.3 Å². The molecule has 2 amide bonds. The highest BCUT2D eigenvalue weighted by atomic mass is 79.9. The third-order valence-corrected chi connectivity index (χ3v) is 2.94. The second-order valence-corrected chi connectivity index (χ2v) is 4.63. The van der Waals surface area contributed by atoms with Gasteiger partial charge in [0, 0.05) is 16.6 Å². The Bertz CT molecular complexity index is 604. The minimum atomic E-state index is -1.21. The standard InChI is InChI=1S/C11H10BrN3O6/c12-8-2-1-6(15(20)21)3-7(8)11(19)14-4-9(16)13-5-10(17)18/h1-3H,4-5H2,(H,13,16)(H,14,19)(H,17,18). The van der Waals surface area contributed by atoms with Gasteiger partial charge < -0.3 is 15.7 Å². The van der Waals surface area contributed by atoms with E-state index in [1.54, 1.807) is 0 Å². The summed E-state index contributed by atoms with van der Waals surface area (Å²) in [6, 6.07) is 3.63. The molecule has 0 saturated heterocycles. The lowest BCUT2D eigenvalue weighted by atomic mass is 10.2. The average Bonchev–Trinajstić information content (AvgIpc) is 2.42. The van der Waals surface area contributed by atoms with Crippen molar-refractivity contribution in [1.29, 1.82) is 0 Å². The van der Waals surface area contributed by atoms with Crippen LogP contribution in [0.15, 0.2) is 22.7 Å². The van der Waals surface area contributed by atoms with Gasteiger partial charge in [-0.2, -0.15) is 0 Å². The number of nitro benzene ring substituents is 1. The molecule has 9 nitrogen and oxygen atoms in total. The largest absolute Gasteiger partial charge is 0.480 e. The summed E-state index contributed by atoms with van der Waals surface area (Å²) in [5.41, 5.74) is -0.270. The lowest BCUT2D eigenvalue weighted by Crippen LogP contribution is -2.39. The van der Waals surface area contributed by atoms with Gasteiger partial charge in [-0.05, 0) is 22.0 Å². The number of aliphatic carboxylic acids is 1. The van der Waals surface area contributed by atoms with Crippen LogP contribution in [-0.4, -0.2) is 40.9 Å². The summed E-state index contributed by atoms with van der Waals surface area (Å²) < 4.78 is 0.330. The minimum Gasteiger partial charge on any atom is -0.480 e. The number of hydrogen-bond donors (Lipinski definition) is 3. The first kappa shape index (κ1) is 16.6. The van der Waals surface area contributed by atoms with Crippen LogP contribution < -0.4 is 10.6 Å². The number of carbonyl (C=O) groups excluding carboxylic acids is 2. The third kappa shape index (κ3) is 5.18. The molecule has 0 spiro atoms. The van der Waals surface area contributed by atoms with Gasteiger partial charge >= 0.3 is 5.97 Å². The van der Waals surface area contributed by atoms with E-state index in [-0.39, 0.29) is 11.3 Å². The summed E-state index contributed by atoms with van der Waals surface area (Å²) in [6.07, 6.45) is 0. The van der Waals surface area contributed by atoms with Crippen LogP contribution in [0.4, 0.5) is 5.69 Å². The average molecular weight is 360 g/mol. The minimum absolute atomic E-state index is 0.00441. The van der Waals surface area contributed by atoms with E-state index in [0.29, 0.717) is 4.47 Å². The first-order valence-electron chi connectivity index (χ1n) is 5.52. The topological polar surface area (TPSA) is 139 Å². The van der Waals surface area contributed by atoms with Gasteiger partial charge in [0.2, 0.25) is 5.91 Å². The number of carboxylic acid groups (broad SMARTS) is 1. The highest BCUT2D eigenvalue weighted by Gasteiger charge is 2.16. The molecule has 0 fully saturated rings. The van der Waals surface area contributed by atoms with Crippen molar-refractivity contribution >= 4 is 39.4 Å². The van der Waals surface area contributed by atoms with Crippen LogP contribution in [0.3, 0.4) is 0 Å². The summed E-state index contributed by atoms with van der Waals surface area (Å²) in [6.45, 7) is -1.00. The lowest BCUT2D eigenvalue weighted by molar-refractivity contribution is -0.384. The van der Waals surface area contributed by atoms with Crippen LogP contribution in [0.1, 0.15) is 10.4 Å². The number of carboxylic acids is 1. The molecule has 1 aromatic carbocycles. The number of benzene rings is 1. The molecular formula is C11H10BrN3O6. The molecule has 10 heteroatoms. The maximum atomic E-state index is 11.8. The summed E-state index contributed by atoms with van der Waals surface area (Å²) in [5, 5.41) is 23.3. The molecule has 112 valence electrons. The predicted molar refractivity (Wildman–Crippen MR) is 73.8 cm³/mol. The van der Waals surface area contributed by atoms with Crippen LogP contribution in [0, 0.1) is 10.1 Å². The molecule has 0 aliphatic heterocycles. The van der Waals surface area contributed by atoms with E-state index in [0.717, 1.165) is 6.07 Å². The van der Waals surface area contributed by atoms with Crippen LogP contribution >= 0.6 is 15.9 Å². The Morgan fingerprint density at radius 2 is 1.90 bits per heavy atom. The number of amides is 2. The van der Waals surface area contributed by atoms with Gasteiger partial charge in [-0.25, -0.2) is 0 Å². The second-order valence-electron chi connectivity index (χ2n) is 3.77. The Balaban J connectivity index is 2.67. The summed E-state index contributed by atoms with van der Waals surface area (Å²) >= 11 is 3.08. The van der Waals surface area contributed by atoms with Crippen molar-refractivity contribution in [3.8, 4) is 0 Å². The van der Waals surface area contributed by atoms with E-state index in [1.807, 2.05) is 0 Å². The van der Waals surface area contributed by atoms with E-state index < -0.39 is 35.8 Å². The second kappa shape index (κ2) is 7.33. The van der Waals surface area contributed by atoms with Gasteiger partial charge in [-0.1, -0.05) is 0 Å². The monoisotopic (exact) mass is 359 g/mol. The summed E-state index contributed by atoms with van der Waals surface area (Å²) in [7, 11) is 0. The maximum absolute atomic E-state index is 11.8. The number of nitrogens with one attached hydrogen (secondary N) is 2. The zero-order valence-electron chi connectivity index (χ0n) is 10.5. The van der Waals surface area contributed by atoms with E-state index in [4.69, 9.17) is 5.11 Å². The Hall–Kier alpha value is -2.49. The van der Waals surface area contributed by atoms with Crippen LogP contribution in [0.25, 0.3) is 0 Å². The molecule has 0 unspecified atom stereocenters. The summed E-state index contributed by atoms with van der Waals surface area (Å²) in [5.74, 6) is -2.60. The number of rotatable bonds is 6. The highest BCUT2D eigenvalue weighted by Crippen LogP contribution is 2.22. The van der Waals surface area contributed by atoms with Crippen molar-refractivity contribution < 1.29 is 24.4 Å². The smallest absolute Gasteiger partial charge is 0.322 e. The summed E-state index contributed by atoms with van der Waals surface area (Å²) in [4.78, 5) is 43.3. The van der Waals surface area contributed by atoms with Crippen LogP contribution in [0.5, 0.6) is 0 Å². The number of hydrogen-bond acceptors (Lipinski definition) is 5. The quantitative estimate of drug-likeness (QED) is 0.492. The van der Waals surface area contributed by atoms with Crippen molar-refractivity contribution in [3.63, 3.8) is 0 Å². The van der Waals surface area contributed by atoms with Crippen molar-refractivity contribution in [2.45, 2.75) is 0 Å². The molecule has 0 bridgehead atoms. The van der Waals surface area contributed by atoms with Crippen molar-refractivity contribution in [1.82, 2.24) is 10.6 Å². The van der Waals surface area contributed by atoms with Crippen molar-refractivity contribution in [2.75, 3.05) is 13.1 Å². The number of carbonyl (C=O) groups is 3. The van der Waals surface area contributed by atoms with Gasteiger partial charge in [-0.3, -0.25) is 24.5 Å². The molecule has 0 saturated carbocycles. The lowest BCUT2D eigenvalue weighted by Gasteiger charge is -2.07. The van der Waals surface area contributed by atoms with Crippen LogP contribution in [0.2, 0.25) is 0 Å². The number of non-ortho nitro benzene ring substituents is 1. The van der Waals surface area contributed by atoms with Gasteiger partial charge in [0.05, 0.1) is 17.0 Å². The van der Waals surface area contributed by atoms with Gasteiger partial charge in [0.25, 0.3) is 11.6 Å². The molecule has 21 heavy (non-hydrogen) atoms. The van der Waals surface area contributed by atoms with Crippen molar-refractivity contribution in [2.24, 2.45) is 0 Å². The van der Waals surface area contributed by atoms with E-state index >= 15 is 0 Å². The van der Waals surface area contributed by atoms with E-state index in [9.17, 15) is 24.5 Å². The maximum Gasteiger partial charge on any atom is 0.322 e. The first-order chi connectivity index (χ1) is 9.81. The fourth-order valence-electron chi connectivity index (χ4n) is 1.29. The van der Waals surface area contributed by atoms with E-state index in [2.05, 4.69) is 26.6 Å². The van der Waals surface area contributed by atoms with Gasteiger partial charge in [0.1, 0.15) is 6.54 Å². The Kier molecular flexibility index (Phi) is 5.79. The molecule has 1 aromatic rings. The third-order valence-electron chi connectivity index (χ3n) is 2.25. The van der Waals surface area contributed by atoms with E-state index in [1.165, 1.54) is 12.1 Å². The Morgan fingerprint density at radius 3 is 2.48 bits per heavy atom. The molecule has 0 atom stereocenters.